The zero-order valence-corrected chi connectivity index (χ0v) is 5.50. The van der Waals surface area contributed by atoms with E-state index in [1.165, 1.54) is 6.33 Å². The van der Waals surface area contributed by atoms with Gasteiger partial charge in [-0.2, -0.15) is 0 Å². The summed E-state index contributed by atoms with van der Waals surface area (Å²) in [5, 5.41) is 7.50. The van der Waals surface area contributed by atoms with Crippen molar-refractivity contribution in [1.29, 1.82) is 0 Å². The summed E-state index contributed by atoms with van der Waals surface area (Å²) in [5.41, 5.74) is 2.68. The fraction of sp³-hybridized carbons (Fsp3) is 0.167. The van der Waals surface area contributed by atoms with Crippen molar-refractivity contribution in [2.24, 2.45) is 0 Å². The minimum Gasteiger partial charge on any atom is -0.342 e. The molecule has 0 spiro atoms. The molecular weight excluding hydrogens is 128 g/mol. The maximum atomic E-state index is 3.97. The summed E-state index contributed by atoms with van der Waals surface area (Å²) in [5.74, 6) is 0. The van der Waals surface area contributed by atoms with Crippen LogP contribution in [0.3, 0.4) is 0 Å². The van der Waals surface area contributed by atoms with Crippen molar-refractivity contribution < 1.29 is 0 Å². The number of fused-ring (bicyclic) bond motifs is 1. The molecule has 0 saturated heterocycles. The standard InChI is InChI=1S/C6H6N4/c1-4-2-5-6(9-4)7-3-8-10-5/h2-3H,1H3,(H,7,8,9). The Kier molecular flexibility index (Phi) is 0.943. The van der Waals surface area contributed by atoms with Gasteiger partial charge in [-0.3, -0.25) is 0 Å². The number of nitrogens with zero attached hydrogens (tertiary/aromatic N) is 3. The SMILES string of the molecule is Cc1cc2nncnc2[nH]1. The van der Waals surface area contributed by atoms with Crippen LogP contribution in [0.1, 0.15) is 5.69 Å². The Labute approximate surface area is 57.3 Å². The third kappa shape index (κ3) is 0.655. The van der Waals surface area contributed by atoms with E-state index in [1.54, 1.807) is 0 Å². The Hall–Kier alpha value is -1.45. The molecule has 0 amide bonds. The van der Waals surface area contributed by atoms with E-state index in [0.717, 1.165) is 16.9 Å². The second kappa shape index (κ2) is 1.76. The van der Waals surface area contributed by atoms with Crippen LogP contribution in [0.15, 0.2) is 12.4 Å². The number of rotatable bonds is 0. The summed E-state index contributed by atoms with van der Waals surface area (Å²) in [6.45, 7) is 1.96. The first-order chi connectivity index (χ1) is 4.86. The summed E-state index contributed by atoms with van der Waals surface area (Å²) in [4.78, 5) is 7.02. The Morgan fingerprint density at radius 3 is 3.20 bits per heavy atom. The van der Waals surface area contributed by atoms with E-state index >= 15 is 0 Å². The van der Waals surface area contributed by atoms with Gasteiger partial charge in [0.2, 0.25) is 0 Å². The molecule has 0 aliphatic carbocycles. The largest absolute Gasteiger partial charge is 0.342 e. The molecule has 2 aromatic rings. The first kappa shape index (κ1) is 5.34. The number of hydrogen-bond donors (Lipinski definition) is 1. The molecule has 2 aromatic heterocycles. The third-order valence-corrected chi connectivity index (χ3v) is 1.32. The normalized spacial score (nSPS) is 10.5. The molecule has 0 radical (unpaired) electrons. The topological polar surface area (TPSA) is 54.5 Å². The zero-order chi connectivity index (χ0) is 6.97. The van der Waals surface area contributed by atoms with Gasteiger partial charge in [-0.15, -0.1) is 10.2 Å². The van der Waals surface area contributed by atoms with Crippen LogP contribution in [0.25, 0.3) is 11.2 Å². The van der Waals surface area contributed by atoms with Crippen molar-refractivity contribution in [2.75, 3.05) is 0 Å². The van der Waals surface area contributed by atoms with Crippen LogP contribution in [0.4, 0.5) is 0 Å². The van der Waals surface area contributed by atoms with Crippen LogP contribution in [0.5, 0.6) is 0 Å². The smallest absolute Gasteiger partial charge is 0.159 e. The number of H-pyrrole nitrogens is 1. The second-order valence-corrected chi connectivity index (χ2v) is 2.15. The van der Waals surface area contributed by atoms with Crippen molar-refractivity contribution in [2.45, 2.75) is 6.92 Å². The number of aryl methyl sites for hydroxylation is 1. The van der Waals surface area contributed by atoms with Crippen LogP contribution in [-0.4, -0.2) is 20.2 Å². The lowest BCUT2D eigenvalue weighted by Crippen LogP contribution is -1.82. The molecule has 4 nitrogen and oxygen atoms in total. The molecule has 10 heavy (non-hydrogen) atoms. The molecule has 0 saturated carbocycles. The van der Waals surface area contributed by atoms with Crippen LogP contribution in [-0.2, 0) is 0 Å². The van der Waals surface area contributed by atoms with Gasteiger partial charge in [0.1, 0.15) is 11.8 Å². The van der Waals surface area contributed by atoms with Gasteiger partial charge >= 0.3 is 0 Å². The molecule has 4 heteroatoms. The summed E-state index contributed by atoms with van der Waals surface area (Å²) in [7, 11) is 0. The first-order valence-electron chi connectivity index (χ1n) is 2.99. The summed E-state index contributed by atoms with van der Waals surface area (Å²) in [6, 6.07) is 1.91. The zero-order valence-electron chi connectivity index (χ0n) is 5.50. The van der Waals surface area contributed by atoms with E-state index in [-0.39, 0.29) is 0 Å². The predicted molar refractivity (Wildman–Crippen MR) is 36.4 cm³/mol. The number of nitrogens with one attached hydrogen (secondary N) is 1. The minimum absolute atomic E-state index is 0.799. The Morgan fingerprint density at radius 1 is 1.50 bits per heavy atom. The average molecular weight is 134 g/mol. The monoisotopic (exact) mass is 134 g/mol. The molecule has 2 heterocycles. The molecule has 0 fully saturated rings. The van der Waals surface area contributed by atoms with Gasteiger partial charge in [0.15, 0.2) is 5.65 Å². The van der Waals surface area contributed by atoms with Gasteiger partial charge in [-0.25, -0.2) is 4.98 Å². The lowest BCUT2D eigenvalue weighted by atomic mass is 10.5. The van der Waals surface area contributed by atoms with E-state index in [1.807, 2.05) is 13.0 Å². The second-order valence-electron chi connectivity index (χ2n) is 2.15. The highest BCUT2D eigenvalue weighted by Crippen LogP contribution is 2.05. The molecule has 0 aliphatic rings. The van der Waals surface area contributed by atoms with Gasteiger partial charge in [0.25, 0.3) is 0 Å². The number of hydrogen-bond acceptors (Lipinski definition) is 3. The fourth-order valence-electron chi connectivity index (χ4n) is 0.907. The van der Waals surface area contributed by atoms with Crippen molar-refractivity contribution in [3.63, 3.8) is 0 Å². The summed E-state index contributed by atoms with van der Waals surface area (Å²) >= 11 is 0. The van der Waals surface area contributed by atoms with Crippen molar-refractivity contribution in [1.82, 2.24) is 20.2 Å². The van der Waals surface area contributed by atoms with E-state index in [0.29, 0.717) is 0 Å². The van der Waals surface area contributed by atoms with E-state index < -0.39 is 0 Å². The van der Waals surface area contributed by atoms with Gasteiger partial charge in [-0.1, -0.05) is 0 Å². The van der Waals surface area contributed by atoms with E-state index in [2.05, 4.69) is 20.2 Å². The highest BCUT2D eigenvalue weighted by atomic mass is 15.1. The Bertz CT molecular complexity index is 318. The maximum absolute atomic E-state index is 3.97. The fourth-order valence-corrected chi connectivity index (χ4v) is 0.907. The molecule has 0 aromatic carbocycles. The maximum Gasteiger partial charge on any atom is 0.159 e. The van der Waals surface area contributed by atoms with Crippen LogP contribution in [0, 0.1) is 6.92 Å². The summed E-state index contributed by atoms with van der Waals surface area (Å²) in [6.07, 6.45) is 1.43. The van der Waals surface area contributed by atoms with Crippen molar-refractivity contribution >= 4 is 11.2 Å². The van der Waals surface area contributed by atoms with Crippen molar-refractivity contribution in [3.8, 4) is 0 Å². The van der Waals surface area contributed by atoms with E-state index in [4.69, 9.17) is 0 Å². The Balaban J connectivity index is 2.88. The van der Waals surface area contributed by atoms with Gasteiger partial charge < -0.3 is 4.98 Å². The lowest BCUT2D eigenvalue weighted by molar-refractivity contribution is 1.02. The molecule has 0 aliphatic heterocycles. The first-order valence-corrected chi connectivity index (χ1v) is 2.99. The predicted octanol–water partition coefficient (Wildman–Crippen LogP) is 0.661. The summed E-state index contributed by atoms with van der Waals surface area (Å²) < 4.78 is 0. The number of aromatic amines is 1. The van der Waals surface area contributed by atoms with E-state index in [9.17, 15) is 0 Å². The highest BCUT2D eigenvalue weighted by molar-refractivity contribution is 5.70. The van der Waals surface area contributed by atoms with Crippen molar-refractivity contribution in [3.05, 3.63) is 18.1 Å². The highest BCUT2D eigenvalue weighted by Gasteiger charge is 1.96. The minimum atomic E-state index is 0.799. The average Bonchev–Trinajstić information content (AvgIpc) is 2.27. The third-order valence-electron chi connectivity index (χ3n) is 1.32. The van der Waals surface area contributed by atoms with Crippen LogP contribution < -0.4 is 0 Å². The molecule has 0 unspecified atom stereocenters. The number of aromatic nitrogens is 4. The van der Waals surface area contributed by atoms with Gasteiger partial charge in [-0.05, 0) is 13.0 Å². The van der Waals surface area contributed by atoms with Crippen LogP contribution >= 0.6 is 0 Å². The quantitative estimate of drug-likeness (QED) is 0.575. The van der Waals surface area contributed by atoms with Gasteiger partial charge in [0.05, 0.1) is 0 Å². The van der Waals surface area contributed by atoms with Gasteiger partial charge in [0, 0.05) is 5.69 Å². The molecule has 1 N–H and O–H groups in total. The Morgan fingerprint density at radius 2 is 2.40 bits per heavy atom. The molecule has 0 bridgehead atoms. The molecule has 2 rings (SSSR count). The van der Waals surface area contributed by atoms with Crippen LogP contribution in [0.2, 0.25) is 0 Å². The lowest BCUT2D eigenvalue weighted by Gasteiger charge is -1.81. The molecule has 0 atom stereocenters. The molecular formula is C6H6N4. The molecule has 50 valence electrons.